The molecule has 0 saturated carbocycles. The molecule has 2 heterocycles. The zero-order chi connectivity index (χ0) is 31.8. The number of fused-ring (bicyclic) bond motifs is 1. The van der Waals surface area contributed by atoms with Gasteiger partial charge in [-0.3, -0.25) is 19.4 Å². The van der Waals surface area contributed by atoms with Crippen molar-refractivity contribution in [2.75, 3.05) is 13.1 Å². The molecule has 234 valence electrons. The molecule has 1 aromatic heterocycles. The van der Waals surface area contributed by atoms with Gasteiger partial charge in [-0.25, -0.2) is 4.98 Å². The lowest BCUT2D eigenvalue weighted by molar-refractivity contribution is -0.138. The van der Waals surface area contributed by atoms with Crippen LogP contribution in [0.1, 0.15) is 40.2 Å². The molecule has 2 amide bonds. The number of nitrogens with zero attached hydrogens (tertiary/aromatic N) is 3. The van der Waals surface area contributed by atoms with E-state index in [4.69, 9.17) is 27.8 Å². The van der Waals surface area contributed by atoms with Gasteiger partial charge >= 0.3 is 0 Å². The first kappa shape index (κ1) is 32.1. The van der Waals surface area contributed by atoms with Gasteiger partial charge in [0.2, 0.25) is 17.6 Å². The lowest BCUT2D eigenvalue weighted by Crippen LogP contribution is -2.51. The van der Waals surface area contributed by atoms with Gasteiger partial charge < -0.3 is 26.4 Å². The number of aliphatic imine (C=N–C) groups is 1. The Hall–Kier alpha value is -4.32. The Morgan fingerprint density at radius 3 is 2.49 bits per heavy atom. The fourth-order valence-corrected chi connectivity index (χ4v) is 6.36. The maximum atomic E-state index is 13.9. The Balaban J connectivity index is 1.34. The van der Waals surface area contributed by atoms with Gasteiger partial charge in [-0.05, 0) is 48.2 Å². The van der Waals surface area contributed by atoms with Crippen molar-refractivity contribution in [2.45, 2.75) is 50.5 Å². The second kappa shape index (κ2) is 15.1. The number of carbonyl (C=O) groups excluding carboxylic acids is 3. The van der Waals surface area contributed by atoms with Crippen molar-refractivity contribution in [3.8, 4) is 0 Å². The molecule has 10 nitrogen and oxygen atoms in total. The van der Waals surface area contributed by atoms with Crippen LogP contribution in [0.5, 0.6) is 0 Å². The van der Waals surface area contributed by atoms with E-state index >= 15 is 0 Å². The number of rotatable bonds is 13. The van der Waals surface area contributed by atoms with Gasteiger partial charge in [0.1, 0.15) is 6.04 Å². The van der Waals surface area contributed by atoms with E-state index in [0.29, 0.717) is 41.5 Å². The monoisotopic (exact) mass is 646 g/mol. The number of aromatic nitrogens is 1. The third-order valence-electron chi connectivity index (χ3n) is 7.57. The molecule has 0 radical (unpaired) electrons. The standard InChI is InChI=1S/C33H35ClN6O4S/c34-23-14-12-22(13-15-23)20-44-24-18-27(40(19-24)29(41)17-21-7-2-1-3-8-21)31(43)38-26(10-6-16-37-33(35)36)30(42)32-39-25-9-4-5-11-28(25)45-32/h1-5,7-9,11-15,24,26-27H,6,10,16-20H2,(H,38,43)(H4,35,36,37)/t24-,26+,27+/m1/s1. The van der Waals surface area contributed by atoms with Gasteiger partial charge in [0.25, 0.3) is 0 Å². The van der Waals surface area contributed by atoms with Crippen LogP contribution in [0.25, 0.3) is 10.2 Å². The normalized spacial score (nSPS) is 16.8. The van der Waals surface area contributed by atoms with Gasteiger partial charge in [0, 0.05) is 24.5 Å². The summed E-state index contributed by atoms with van der Waals surface area (Å²) in [5.41, 5.74) is 13.4. The highest BCUT2D eigenvalue weighted by Crippen LogP contribution is 2.26. The summed E-state index contributed by atoms with van der Waals surface area (Å²) >= 11 is 7.29. The lowest BCUT2D eigenvalue weighted by atomic mass is 10.1. The van der Waals surface area contributed by atoms with Crippen LogP contribution in [-0.2, 0) is 27.4 Å². The van der Waals surface area contributed by atoms with Crippen LogP contribution in [0.15, 0.2) is 83.9 Å². The third kappa shape index (κ3) is 8.65. The molecule has 0 unspecified atom stereocenters. The minimum absolute atomic E-state index is 0.0451. The molecule has 1 aliphatic heterocycles. The summed E-state index contributed by atoms with van der Waals surface area (Å²) in [5.74, 6) is -0.961. The van der Waals surface area contributed by atoms with Crippen LogP contribution in [0, 0.1) is 0 Å². The summed E-state index contributed by atoms with van der Waals surface area (Å²) in [5, 5.41) is 3.87. The van der Waals surface area contributed by atoms with Crippen LogP contribution < -0.4 is 16.8 Å². The maximum absolute atomic E-state index is 13.9. The first-order valence-corrected chi connectivity index (χ1v) is 15.9. The quantitative estimate of drug-likeness (QED) is 0.0856. The molecule has 4 aromatic rings. The Bertz CT molecular complexity index is 1630. The Labute approximate surface area is 270 Å². The van der Waals surface area contributed by atoms with Gasteiger partial charge in [0.05, 0.1) is 35.4 Å². The van der Waals surface area contributed by atoms with Crippen molar-refractivity contribution in [3.63, 3.8) is 0 Å². The highest BCUT2D eigenvalue weighted by molar-refractivity contribution is 7.20. The van der Waals surface area contributed by atoms with Crippen molar-refractivity contribution in [2.24, 2.45) is 16.5 Å². The predicted octanol–water partition coefficient (Wildman–Crippen LogP) is 4.10. The predicted molar refractivity (Wildman–Crippen MR) is 176 cm³/mol. The molecular weight excluding hydrogens is 612 g/mol. The first-order valence-electron chi connectivity index (χ1n) is 14.7. The van der Waals surface area contributed by atoms with E-state index in [2.05, 4.69) is 15.3 Å². The second-order valence-corrected chi connectivity index (χ2v) is 12.3. The van der Waals surface area contributed by atoms with Crippen molar-refractivity contribution in [1.29, 1.82) is 0 Å². The van der Waals surface area contributed by atoms with E-state index in [-0.39, 0.29) is 43.1 Å². The minimum Gasteiger partial charge on any atom is -0.372 e. The molecule has 12 heteroatoms. The van der Waals surface area contributed by atoms with Gasteiger partial charge in [0.15, 0.2) is 11.0 Å². The molecule has 0 bridgehead atoms. The summed E-state index contributed by atoms with van der Waals surface area (Å²) in [7, 11) is 0. The smallest absolute Gasteiger partial charge is 0.243 e. The molecule has 1 saturated heterocycles. The molecule has 45 heavy (non-hydrogen) atoms. The minimum atomic E-state index is -0.882. The number of ether oxygens (including phenoxy) is 1. The van der Waals surface area contributed by atoms with E-state index in [9.17, 15) is 14.4 Å². The summed E-state index contributed by atoms with van der Waals surface area (Å²) in [6, 6.07) is 22.5. The van der Waals surface area contributed by atoms with E-state index in [0.717, 1.165) is 15.8 Å². The molecule has 0 spiro atoms. The van der Waals surface area contributed by atoms with Crippen molar-refractivity contribution < 1.29 is 19.1 Å². The largest absolute Gasteiger partial charge is 0.372 e. The van der Waals surface area contributed by atoms with Gasteiger partial charge in [-0.2, -0.15) is 0 Å². The van der Waals surface area contributed by atoms with Crippen LogP contribution >= 0.6 is 22.9 Å². The molecule has 5 rings (SSSR count). The highest BCUT2D eigenvalue weighted by Gasteiger charge is 2.41. The van der Waals surface area contributed by atoms with Crippen LogP contribution in [0.4, 0.5) is 0 Å². The van der Waals surface area contributed by atoms with Crippen LogP contribution in [0.3, 0.4) is 0 Å². The number of hydrogen-bond acceptors (Lipinski definition) is 7. The van der Waals surface area contributed by atoms with Crippen LogP contribution in [0.2, 0.25) is 5.02 Å². The Morgan fingerprint density at radius 2 is 1.76 bits per heavy atom. The third-order valence-corrected chi connectivity index (χ3v) is 8.87. The number of ketones is 1. The topological polar surface area (TPSA) is 153 Å². The number of carbonyl (C=O) groups is 3. The van der Waals surface area contributed by atoms with E-state index < -0.39 is 18.0 Å². The summed E-state index contributed by atoms with van der Waals surface area (Å²) in [4.78, 5) is 51.3. The molecule has 0 aliphatic carbocycles. The van der Waals surface area contributed by atoms with Crippen molar-refractivity contribution in [1.82, 2.24) is 15.2 Å². The molecule has 5 N–H and O–H groups in total. The molecule has 1 aliphatic rings. The van der Waals surface area contributed by atoms with E-state index in [1.54, 1.807) is 17.0 Å². The molecule has 1 fully saturated rings. The van der Waals surface area contributed by atoms with Gasteiger partial charge in [-0.1, -0.05) is 66.2 Å². The SMILES string of the molecule is NC(N)=NCCC[C@H](NC(=O)[C@@H]1C[C@@H](OCc2ccc(Cl)cc2)CN1C(=O)Cc1ccccc1)C(=O)c1nc2ccccc2s1. The number of thiazole rings is 1. The fourth-order valence-electron chi connectivity index (χ4n) is 5.28. The number of Topliss-reactive ketones (excluding diaryl/α,β-unsaturated/α-hetero) is 1. The molecule has 3 aromatic carbocycles. The summed E-state index contributed by atoms with van der Waals surface area (Å²) in [6.07, 6.45) is 0.792. The number of nitrogens with one attached hydrogen (secondary N) is 1. The van der Waals surface area contributed by atoms with Crippen molar-refractivity contribution in [3.05, 3.63) is 100 Å². The zero-order valence-electron chi connectivity index (χ0n) is 24.6. The second-order valence-electron chi connectivity index (χ2n) is 10.9. The first-order chi connectivity index (χ1) is 21.8. The number of guanidine groups is 1. The average molecular weight is 647 g/mol. The number of halogens is 1. The molecular formula is C33H35ClN6O4S. The average Bonchev–Trinajstić information content (AvgIpc) is 3.67. The lowest BCUT2D eigenvalue weighted by Gasteiger charge is -2.26. The number of amides is 2. The maximum Gasteiger partial charge on any atom is 0.243 e. The van der Waals surface area contributed by atoms with Crippen LogP contribution in [-0.4, -0.2) is 64.7 Å². The highest BCUT2D eigenvalue weighted by atomic mass is 35.5. The number of likely N-dealkylation sites (tertiary alicyclic amines) is 1. The Kier molecular flexibility index (Phi) is 10.8. The fraction of sp³-hybridized carbons (Fsp3) is 0.303. The summed E-state index contributed by atoms with van der Waals surface area (Å²) < 4.78 is 7.04. The van der Waals surface area contributed by atoms with E-state index in [1.807, 2.05) is 66.7 Å². The van der Waals surface area contributed by atoms with Crippen molar-refractivity contribution >= 4 is 56.7 Å². The van der Waals surface area contributed by atoms with Gasteiger partial charge in [-0.15, -0.1) is 11.3 Å². The summed E-state index contributed by atoms with van der Waals surface area (Å²) in [6.45, 7) is 0.853. The van der Waals surface area contributed by atoms with E-state index in [1.165, 1.54) is 11.3 Å². The number of benzene rings is 3. The Morgan fingerprint density at radius 1 is 1.02 bits per heavy atom. The number of nitrogens with two attached hydrogens (primary N) is 2. The zero-order valence-corrected chi connectivity index (χ0v) is 26.2. The molecule has 3 atom stereocenters. The number of hydrogen-bond donors (Lipinski definition) is 3. The number of para-hydroxylation sites is 1.